The molecule has 0 bridgehead atoms. The predicted octanol–water partition coefficient (Wildman–Crippen LogP) is 2.20. The smallest absolute Gasteiger partial charge is 0.165 e. The number of benzene rings is 1. The third-order valence-electron chi connectivity index (χ3n) is 4.55. The van der Waals surface area contributed by atoms with Gasteiger partial charge in [0.15, 0.2) is 5.82 Å². The highest BCUT2D eigenvalue weighted by atomic mass is 35.5. The van der Waals surface area contributed by atoms with Gasteiger partial charge in [-0.15, -0.1) is 17.5 Å². The van der Waals surface area contributed by atoms with Crippen molar-refractivity contribution < 1.29 is 4.74 Å². The van der Waals surface area contributed by atoms with Crippen molar-refractivity contribution in [1.82, 2.24) is 25.1 Å². The van der Waals surface area contributed by atoms with E-state index in [0.717, 1.165) is 31.4 Å². The average Bonchev–Trinajstić information content (AvgIpc) is 3.03. The number of rotatable bonds is 7. The molecule has 0 aliphatic carbocycles. The van der Waals surface area contributed by atoms with Crippen molar-refractivity contribution in [1.29, 1.82) is 0 Å². The van der Waals surface area contributed by atoms with Crippen molar-refractivity contribution >= 4 is 12.4 Å². The lowest BCUT2D eigenvalue weighted by molar-refractivity contribution is 0.162. The summed E-state index contributed by atoms with van der Waals surface area (Å²) in [6, 6.07) is 10.8. The van der Waals surface area contributed by atoms with Crippen LogP contribution in [0.15, 0.2) is 30.3 Å². The Hall–Kier alpha value is -1.50. The second-order valence-corrected chi connectivity index (χ2v) is 6.22. The largest absolute Gasteiger partial charge is 0.383 e. The third kappa shape index (κ3) is 5.26. The lowest BCUT2D eigenvalue weighted by atomic mass is 9.90. The van der Waals surface area contributed by atoms with Crippen LogP contribution in [0.2, 0.25) is 0 Å². The van der Waals surface area contributed by atoms with Gasteiger partial charge in [-0.3, -0.25) is 4.90 Å². The van der Waals surface area contributed by atoms with Crippen molar-refractivity contribution in [3.63, 3.8) is 0 Å². The van der Waals surface area contributed by atoms with E-state index >= 15 is 0 Å². The zero-order valence-electron chi connectivity index (χ0n) is 14.2. The first kappa shape index (κ1) is 18.8. The molecule has 1 aromatic carbocycles. The SMILES string of the molecule is COCCn1nnnc1CN1CCC(Cc2ccccc2)CC1.Cl. The highest BCUT2D eigenvalue weighted by Gasteiger charge is 2.21. The monoisotopic (exact) mass is 351 g/mol. The Bertz CT molecular complexity index is 584. The molecule has 2 aromatic rings. The summed E-state index contributed by atoms with van der Waals surface area (Å²) in [5.74, 6) is 1.72. The molecule has 0 saturated carbocycles. The lowest BCUT2D eigenvalue weighted by Gasteiger charge is -2.31. The van der Waals surface area contributed by atoms with E-state index in [-0.39, 0.29) is 12.4 Å². The number of piperidine rings is 1. The number of nitrogens with zero attached hydrogens (tertiary/aromatic N) is 5. The number of likely N-dealkylation sites (tertiary alicyclic amines) is 1. The summed E-state index contributed by atoms with van der Waals surface area (Å²) in [6.45, 7) is 4.42. The molecule has 0 radical (unpaired) electrons. The van der Waals surface area contributed by atoms with E-state index in [9.17, 15) is 0 Å². The van der Waals surface area contributed by atoms with Crippen LogP contribution >= 0.6 is 12.4 Å². The summed E-state index contributed by atoms with van der Waals surface area (Å²) in [6.07, 6.45) is 3.68. The molecule has 24 heavy (non-hydrogen) atoms. The maximum atomic E-state index is 5.10. The second kappa shape index (κ2) is 9.71. The van der Waals surface area contributed by atoms with E-state index in [1.54, 1.807) is 7.11 Å². The van der Waals surface area contributed by atoms with Crippen LogP contribution in [0.3, 0.4) is 0 Å². The van der Waals surface area contributed by atoms with Crippen molar-refractivity contribution in [2.45, 2.75) is 32.4 Å². The van der Waals surface area contributed by atoms with Gasteiger partial charge < -0.3 is 4.74 Å². The maximum Gasteiger partial charge on any atom is 0.165 e. The fraction of sp³-hybridized carbons (Fsp3) is 0.588. The maximum absolute atomic E-state index is 5.10. The van der Waals surface area contributed by atoms with Crippen LogP contribution in [0.5, 0.6) is 0 Å². The Balaban J connectivity index is 0.00000208. The fourth-order valence-electron chi connectivity index (χ4n) is 3.18. The van der Waals surface area contributed by atoms with Crippen molar-refractivity contribution in [3.05, 3.63) is 41.7 Å². The van der Waals surface area contributed by atoms with E-state index in [2.05, 4.69) is 50.8 Å². The minimum atomic E-state index is 0. The summed E-state index contributed by atoms with van der Waals surface area (Å²) in [5, 5.41) is 12.0. The van der Waals surface area contributed by atoms with E-state index in [1.807, 2.05) is 4.68 Å². The van der Waals surface area contributed by atoms with Crippen LogP contribution in [0, 0.1) is 5.92 Å². The summed E-state index contributed by atoms with van der Waals surface area (Å²) in [7, 11) is 1.70. The normalized spacial score (nSPS) is 16.0. The van der Waals surface area contributed by atoms with Gasteiger partial charge in [-0.2, -0.15) is 0 Å². The highest BCUT2D eigenvalue weighted by Crippen LogP contribution is 2.22. The zero-order chi connectivity index (χ0) is 15.9. The fourth-order valence-corrected chi connectivity index (χ4v) is 3.18. The average molecular weight is 352 g/mol. The van der Waals surface area contributed by atoms with Crippen molar-refractivity contribution in [2.24, 2.45) is 5.92 Å². The van der Waals surface area contributed by atoms with Crippen LogP contribution in [-0.2, 0) is 24.2 Å². The molecule has 1 aliphatic rings. The highest BCUT2D eigenvalue weighted by molar-refractivity contribution is 5.85. The second-order valence-electron chi connectivity index (χ2n) is 6.22. The number of hydrogen-bond donors (Lipinski definition) is 0. The molecule has 132 valence electrons. The quantitative estimate of drug-likeness (QED) is 0.765. The summed E-state index contributed by atoms with van der Waals surface area (Å²) >= 11 is 0. The van der Waals surface area contributed by atoms with Gasteiger partial charge >= 0.3 is 0 Å². The van der Waals surface area contributed by atoms with Crippen molar-refractivity contribution in [3.8, 4) is 0 Å². The van der Waals surface area contributed by atoms with Crippen LogP contribution in [-0.4, -0.2) is 51.9 Å². The molecule has 0 N–H and O–H groups in total. The number of halogens is 1. The van der Waals surface area contributed by atoms with Gasteiger partial charge in [-0.05, 0) is 54.3 Å². The van der Waals surface area contributed by atoms with Crippen molar-refractivity contribution in [2.75, 3.05) is 26.8 Å². The van der Waals surface area contributed by atoms with E-state index in [4.69, 9.17) is 4.74 Å². The first-order valence-corrected chi connectivity index (χ1v) is 8.35. The third-order valence-corrected chi connectivity index (χ3v) is 4.55. The van der Waals surface area contributed by atoms with E-state index < -0.39 is 0 Å². The van der Waals surface area contributed by atoms with Gasteiger partial charge in [0, 0.05) is 7.11 Å². The number of aromatic nitrogens is 4. The lowest BCUT2D eigenvalue weighted by Crippen LogP contribution is -2.34. The number of ether oxygens (including phenoxy) is 1. The van der Waals surface area contributed by atoms with Gasteiger partial charge in [0.1, 0.15) is 0 Å². The topological polar surface area (TPSA) is 56.1 Å². The molecule has 2 heterocycles. The molecule has 0 amide bonds. The molecule has 1 saturated heterocycles. The Morgan fingerprint density at radius 1 is 1.17 bits per heavy atom. The molecular weight excluding hydrogens is 326 g/mol. The molecule has 7 heteroatoms. The van der Waals surface area contributed by atoms with E-state index in [1.165, 1.54) is 24.8 Å². The first-order chi connectivity index (χ1) is 11.3. The van der Waals surface area contributed by atoms with Gasteiger partial charge in [0.2, 0.25) is 0 Å². The predicted molar refractivity (Wildman–Crippen MR) is 95.1 cm³/mol. The van der Waals surface area contributed by atoms with Crippen LogP contribution in [0.4, 0.5) is 0 Å². The molecule has 0 atom stereocenters. The molecule has 1 aromatic heterocycles. The van der Waals surface area contributed by atoms with Gasteiger partial charge in [0.05, 0.1) is 19.7 Å². The van der Waals surface area contributed by atoms with E-state index in [0.29, 0.717) is 13.2 Å². The molecule has 0 unspecified atom stereocenters. The Kier molecular flexibility index (Phi) is 7.62. The zero-order valence-corrected chi connectivity index (χ0v) is 15.0. The number of tetrazole rings is 1. The standard InChI is InChI=1S/C17H25N5O.ClH/c1-23-12-11-22-17(18-19-20-22)14-21-9-7-16(8-10-21)13-15-5-3-2-4-6-15;/h2-6,16H,7-14H2,1H3;1H. The minimum Gasteiger partial charge on any atom is -0.383 e. The summed E-state index contributed by atoms with van der Waals surface area (Å²) in [5.41, 5.74) is 1.45. The molecule has 3 rings (SSSR count). The Morgan fingerprint density at radius 2 is 1.92 bits per heavy atom. The van der Waals surface area contributed by atoms with Crippen LogP contribution in [0.1, 0.15) is 24.2 Å². The Morgan fingerprint density at radius 3 is 2.62 bits per heavy atom. The van der Waals surface area contributed by atoms with Gasteiger partial charge in [-0.25, -0.2) is 4.68 Å². The van der Waals surface area contributed by atoms with Crippen LogP contribution in [0.25, 0.3) is 0 Å². The van der Waals surface area contributed by atoms with Gasteiger partial charge in [0.25, 0.3) is 0 Å². The Labute approximate surface area is 149 Å². The molecule has 1 fully saturated rings. The summed E-state index contributed by atoms with van der Waals surface area (Å²) < 4.78 is 6.95. The summed E-state index contributed by atoms with van der Waals surface area (Å²) in [4.78, 5) is 2.45. The molecule has 0 spiro atoms. The molecule has 1 aliphatic heterocycles. The molecule has 6 nitrogen and oxygen atoms in total. The van der Waals surface area contributed by atoms with Crippen LogP contribution < -0.4 is 0 Å². The minimum absolute atomic E-state index is 0. The first-order valence-electron chi connectivity index (χ1n) is 8.35. The number of hydrogen-bond acceptors (Lipinski definition) is 5. The van der Waals surface area contributed by atoms with Gasteiger partial charge in [-0.1, -0.05) is 30.3 Å². The number of methoxy groups -OCH3 is 1. The molecular formula is C17H26ClN5O.